The second-order valence-electron chi connectivity index (χ2n) is 2.74. The van der Waals surface area contributed by atoms with E-state index >= 15 is 0 Å². The van der Waals surface area contributed by atoms with E-state index in [-0.39, 0.29) is 12.5 Å². The summed E-state index contributed by atoms with van der Waals surface area (Å²) in [7, 11) is 1.64. The quantitative estimate of drug-likeness (QED) is 0.325. The van der Waals surface area contributed by atoms with Crippen molar-refractivity contribution in [3.05, 3.63) is 28.5 Å². The molecule has 0 amide bonds. The fourth-order valence-electron chi connectivity index (χ4n) is 1.02. The van der Waals surface area contributed by atoms with Crippen molar-refractivity contribution in [1.82, 2.24) is 9.78 Å². The van der Waals surface area contributed by atoms with E-state index in [1.165, 1.54) is 16.8 Å². The Balaban J connectivity index is 2.63. The Bertz CT molecular complexity index is 383. The predicted octanol–water partition coefficient (Wildman–Crippen LogP) is 2.49. The molecule has 0 N–H and O–H groups in total. The van der Waals surface area contributed by atoms with Crippen LogP contribution in [0.4, 0.5) is 5.82 Å². The normalized spacial score (nSPS) is 10.3. The van der Waals surface area contributed by atoms with Crippen molar-refractivity contribution in [2.24, 2.45) is 0 Å². The summed E-state index contributed by atoms with van der Waals surface area (Å²) in [6, 6.07) is 1.36. The lowest BCUT2D eigenvalue weighted by atomic mass is 10.4. The maximum absolute atomic E-state index is 10.5. The molecular formula is C8H10IN3O3S. The summed E-state index contributed by atoms with van der Waals surface area (Å²) in [4.78, 5) is 9.97. The summed E-state index contributed by atoms with van der Waals surface area (Å²) in [5.41, 5.74) is 0.578. The molecule has 0 saturated carbocycles. The van der Waals surface area contributed by atoms with Gasteiger partial charge in [-0.2, -0.15) is 0 Å². The summed E-state index contributed by atoms with van der Waals surface area (Å²) >= 11 is 2.18. The lowest BCUT2D eigenvalue weighted by Crippen LogP contribution is -2.08. The number of nitrogens with zero attached hydrogens (tertiary/aromatic N) is 3. The fraction of sp³-hybridized carbons (Fsp3) is 0.375. The first kappa shape index (κ1) is 13.5. The molecule has 1 heterocycles. The van der Waals surface area contributed by atoms with Crippen LogP contribution in [-0.4, -0.2) is 27.1 Å². The van der Waals surface area contributed by atoms with Crippen LogP contribution < -0.4 is 0 Å². The van der Waals surface area contributed by atoms with Gasteiger partial charge < -0.3 is 14.9 Å². The van der Waals surface area contributed by atoms with E-state index in [4.69, 9.17) is 4.74 Å². The van der Waals surface area contributed by atoms with E-state index in [1.807, 2.05) is 0 Å². The van der Waals surface area contributed by atoms with Gasteiger partial charge >= 0.3 is 5.82 Å². The summed E-state index contributed by atoms with van der Waals surface area (Å²) in [5.74, 6) is 0.676. The van der Waals surface area contributed by atoms with Gasteiger partial charge in [0.25, 0.3) is 0 Å². The highest BCUT2D eigenvalue weighted by molar-refractivity contribution is 14.2. The molecule has 6 nitrogen and oxygen atoms in total. The van der Waals surface area contributed by atoms with Gasteiger partial charge in [0.15, 0.2) is 6.73 Å². The lowest BCUT2D eigenvalue weighted by molar-refractivity contribution is -0.389. The molecule has 1 rings (SSSR count). The number of ether oxygens (including phenoxy) is 1. The molecule has 0 fully saturated rings. The zero-order valence-corrected chi connectivity index (χ0v) is 11.3. The van der Waals surface area contributed by atoms with Crippen LogP contribution in [0, 0.1) is 10.1 Å². The molecule has 0 radical (unpaired) electrons. The first-order valence-electron chi connectivity index (χ1n) is 4.35. The first-order chi connectivity index (χ1) is 7.69. The first-order valence-corrected chi connectivity index (χ1v) is 7.88. The Morgan fingerprint density at radius 3 is 3.12 bits per heavy atom. The van der Waals surface area contributed by atoms with E-state index in [2.05, 4.69) is 32.9 Å². The number of rotatable bonds is 7. The second-order valence-corrected chi connectivity index (χ2v) is 5.23. The van der Waals surface area contributed by atoms with Crippen LogP contribution >= 0.6 is 30.1 Å². The summed E-state index contributed by atoms with van der Waals surface area (Å²) in [6.45, 7) is 4.35. The van der Waals surface area contributed by atoms with Gasteiger partial charge in [0.2, 0.25) is 0 Å². The van der Waals surface area contributed by atoms with Crippen LogP contribution in [0.3, 0.4) is 0 Å². The van der Waals surface area contributed by atoms with Crippen molar-refractivity contribution in [3.8, 4) is 0 Å². The maximum atomic E-state index is 10.5. The Hall–Kier alpha value is -0.610. The number of aromatic nitrogens is 2. The molecule has 0 aliphatic rings. The van der Waals surface area contributed by atoms with E-state index in [0.29, 0.717) is 12.3 Å². The minimum absolute atomic E-state index is 0.193. The summed E-state index contributed by atoms with van der Waals surface area (Å²) in [6.07, 6.45) is 1.51. The van der Waals surface area contributed by atoms with Crippen LogP contribution in [-0.2, 0) is 11.5 Å². The van der Waals surface area contributed by atoms with Crippen LogP contribution in [0.1, 0.15) is 5.69 Å². The van der Waals surface area contributed by atoms with Crippen LogP contribution in [0.2, 0.25) is 0 Å². The molecular weight excluding hydrogens is 345 g/mol. The van der Waals surface area contributed by atoms with Crippen molar-refractivity contribution < 1.29 is 9.66 Å². The van der Waals surface area contributed by atoms with Gasteiger partial charge in [0.05, 0.1) is 23.5 Å². The zero-order valence-electron chi connectivity index (χ0n) is 8.34. The molecule has 88 valence electrons. The summed E-state index contributed by atoms with van der Waals surface area (Å²) < 4.78 is 6.72. The number of nitro groups is 1. The highest BCUT2D eigenvalue weighted by Crippen LogP contribution is 2.13. The monoisotopic (exact) mass is 355 g/mol. The summed E-state index contributed by atoms with van der Waals surface area (Å²) in [5, 5.41) is 14.3. The van der Waals surface area contributed by atoms with Crippen LogP contribution in [0.25, 0.3) is 6.08 Å². The second kappa shape index (κ2) is 6.86. The molecule has 1 aromatic heterocycles. The average molecular weight is 355 g/mol. The highest BCUT2D eigenvalue weighted by Gasteiger charge is 2.15. The average Bonchev–Trinajstić information content (AvgIpc) is 2.68. The van der Waals surface area contributed by atoms with Crippen molar-refractivity contribution in [1.29, 1.82) is 0 Å². The molecule has 8 heteroatoms. The standard InChI is InChI=1S/C8H10IN3O3S/c1-2-7-5-8(12(13)14)10-11(7)6-15-3-4-16-9/h2,5H,1,3-4,6H2. The molecule has 0 aliphatic carbocycles. The smallest absolute Gasteiger partial charge is 0.358 e. The lowest BCUT2D eigenvalue weighted by Gasteiger charge is -2.00. The van der Waals surface area contributed by atoms with Crippen molar-refractivity contribution in [3.63, 3.8) is 0 Å². The molecule has 0 bridgehead atoms. The third kappa shape index (κ3) is 3.76. The fourth-order valence-corrected chi connectivity index (χ4v) is 1.74. The number of hydrogen-bond donors (Lipinski definition) is 0. The van der Waals surface area contributed by atoms with Crippen LogP contribution in [0.15, 0.2) is 12.6 Å². The van der Waals surface area contributed by atoms with Crippen molar-refractivity contribution >= 4 is 42.0 Å². The Morgan fingerprint density at radius 2 is 2.56 bits per heavy atom. The molecule has 0 unspecified atom stereocenters. The van der Waals surface area contributed by atoms with Gasteiger partial charge in [0, 0.05) is 5.75 Å². The number of halogens is 1. The van der Waals surface area contributed by atoms with Gasteiger partial charge in [-0.05, 0) is 32.2 Å². The molecule has 0 saturated heterocycles. The van der Waals surface area contributed by atoms with Crippen LogP contribution in [0.5, 0.6) is 0 Å². The van der Waals surface area contributed by atoms with E-state index in [0.717, 1.165) is 5.75 Å². The minimum atomic E-state index is -0.538. The highest BCUT2D eigenvalue weighted by atomic mass is 127. The van der Waals surface area contributed by atoms with E-state index in [9.17, 15) is 10.1 Å². The Labute approximate surface area is 109 Å². The van der Waals surface area contributed by atoms with Crippen molar-refractivity contribution in [2.75, 3.05) is 12.4 Å². The Morgan fingerprint density at radius 1 is 1.81 bits per heavy atom. The zero-order chi connectivity index (χ0) is 12.0. The van der Waals surface area contributed by atoms with Gasteiger partial charge in [-0.3, -0.25) is 0 Å². The van der Waals surface area contributed by atoms with E-state index < -0.39 is 4.92 Å². The molecule has 0 atom stereocenters. The molecule has 1 aromatic rings. The molecule has 16 heavy (non-hydrogen) atoms. The largest absolute Gasteiger partial charge is 0.390 e. The predicted molar refractivity (Wildman–Crippen MR) is 71.4 cm³/mol. The maximum Gasteiger partial charge on any atom is 0.390 e. The third-order valence-electron chi connectivity index (χ3n) is 1.71. The molecule has 0 spiro atoms. The Kier molecular flexibility index (Phi) is 5.77. The minimum Gasteiger partial charge on any atom is -0.358 e. The van der Waals surface area contributed by atoms with Gasteiger partial charge in [-0.15, -0.1) is 4.68 Å². The molecule has 0 aromatic carbocycles. The van der Waals surface area contributed by atoms with Gasteiger partial charge in [-0.1, -0.05) is 15.5 Å². The SMILES string of the molecule is C=Cc1cc([N+](=O)[O-])nn1COCCSI. The van der Waals surface area contributed by atoms with Crippen molar-refractivity contribution in [2.45, 2.75) is 6.73 Å². The third-order valence-corrected chi connectivity index (χ3v) is 3.35. The van der Waals surface area contributed by atoms with Gasteiger partial charge in [0.1, 0.15) is 0 Å². The van der Waals surface area contributed by atoms with Gasteiger partial charge in [-0.25, -0.2) is 0 Å². The topological polar surface area (TPSA) is 70.2 Å². The number of hydrogen-bond acceptors (Lipinski definition) is 5. The molecule has 0 aliphatic heterocycles. The van der Waals surface area contributed by atoms with E-state index in [1.54, 1.807) is 8.93 Å².